The summed E-state index contributed by atoms with van der Waals surface area (Å²) in [5, 5.41) is 24.3. The number of anilines is 1. The number of aromatic amines is 1. The Hall–Kier alpha value is -2.99. The Morgan fingerprint density at radius 1 is 1.53 bits per heavy atom. The van der Waals surface area contributed by atoms with Crippen molar-refractivity contribution in [1.82, 2.24) is 10.2 Å². The summed E-state index contributed by atoms with van der Waals surface area (Å²) in [6.45, 7) is 0. The summed E-state index contributed by atoms with van der Waals surface area (Å²) >= 11 is 0. The van der Waals surface area contributed by atoms with E-state index in [9.17, 15) is 0 Å². The molecule has 0 fully saturated rings. The molecular weight excluding hydrogens is 218 g/mol. The highest BCUT2D eigenvalue weighted by Gasteiger charge is 2.14. The summed E-state index contributed by atoms with van der Waals surface area (Å²) in [5.41, 5.74) is 6.90. The van der Waals surface area contributed by atoms with Gasteiger partial charge in [0.25, 0.3) is 0 Å². The molecule has 82 valence electrons. The molecule has 0 radical (unpaired) electrons. The number of aromatic nitrogens is 2. The van der Waals surface area contributed by atoms with Gasteiger partial charge in [0.05, 0.1) is 18.1 Å². The van der Waals surface area contributed by atoms with Gasteiger partial charge in [-0.1, -0.05) is 0 Å². The third kappa shape index (κ3) is 1.87. The molecule has 0 aromatic carbocycles. The molecule has 0 bridgehead atoms. The monoisotopic (exact) mass is 225 g/mol. The zero-order valence-corrected chi connectivity index (χ0v) is 8.64. The molecular formula is C11H7N5O. The molecule has 0 saturated heterocycles. The maximum atomic E-state index is 9.05. The lowest BCUT2D eigenvalue weighted by Crippen LogP contribution is -1.89. The number of H-pyrrole nitrogens is 1. The van der Waals surface area contributed by atoms with Crippen LogP contribution in [0.4, 0.5) is 5.82 Å². The smallest absolute Gasteiger partial charge is 0.137 e. The van der Waals surface area contributed by atoms with Gasteiger partial charge in [-0.05, 0) is 12.1 Å². The fraction of sp³-hybridized carbons (Fsp3) is 0. The van der Waals surface area contributed by atoms with Gasteiger partial charge in [-0.25, -0.2) is 0 Å². The first-order valence-electron chi connectivity index (χ1n) is 4.64. The van der Waals surface area contributed by atoms with Crippen molar-refractivity contribution in [2.45, 2.75) is 0 Å². The fourth-order valence-electron chi connectivity index (χ4n) is 1.34. The van der Waals surface area contributed by atoms with Crippen LogP contribution in [0.25, 0.3) is 11.6 Å². The predicted octanol–water partition coefficient (Wildman–Crippen LogP) is 1.52. The quantitative estimate of drug-likeness (QED) is 0.751. The van der Waals surface area contributed by atoms with Crippen molar-refractivity contribution < 1.29 is 4.42 Å². The molecule has 2 aromatic rings. The molecule has 0 amide bonds. The summed E-state index contributed by atoms with van der Waals surface area (Å²) in [4.78, 5) is 0. The average Bonchev–Trinajstić information content (AvgIpc) is 2.95. The second kappa shape index (κ2) is 4.25. The van der Waals surface area contributed by atoms with Gasteiger partial charge in [0.15, 0.2) is 0 Å². The zero-order valence-electron chi connectivity index (χ0n) is 8.64. The van der Waals surface area contributed by atoms with Crippen LogP contribution in [-0.4, -0.2) is 10.2 Å². The minimum Gasteiger partial charge on any atom is -0.472 e. The summed E-state index contributed by atoms with van der Waals surface area (Å²) in [5.74, 6) is 0.149. The molecule has 6 heteroatoms. The molecule has 0 aliphatic rings. The van der Waals surface area contributed by atoms with E-state index in [0.717, 1.165) is 0 Å². The lowest BCUT2D eigenvalue weighted by Gasteiger charge is -1.92. The van der Waals surface area contributed by atoms with Crippen LogP contribution < -0.4 is 5.73 Å². The molecule has 2 heterocycles. The highest BCUT2D eigenvalue weighted by atomic mass is 16.3. The summed E-state index contributed by atoms with van der Waals surface area (Å²) in [7, 11) is 0. The van der Waals surface area contributed by atoms with Crippen LogP contribution in [0.15, 0.2) is 23.0 Å². The summed E-state index contributed by atoms with van der Waals surface area (Å²) in [6.07, 6.45) is 4.55. The Morgan fingerprint density at radius 2 is 2.35 bits per heavy atom. The first-order valence-corrected chi connectivity index (χ1v) is 4.64. The van der Waals surface area contributed by atoms with E-state index in [2.05, 4.69) is 10.2 Å². The maximum Gasteiger partial charge on any atom is 0.137 e. The van der Waals surface area contributed by atoms with E-state index in [1.54, 1.807) is 12.1 Å². The molecule has 0 unspecified atom stereocenters. The van der Waals surface area contributed by atoms with Gasteiger partial charge in [-0.2, -0.15) is 15.6 Å². The molecule has 17 heavy (non-hydrogen) atoms. The van der Waals surface area contributed by atoms with Crippen molar-refractivity contribution in [2.24, 2.45) is 0 Å². The van der Waals surface area contributed by atoms with Crippen LogP contribution in [0.2, 0.25) is 0 Å². The third-order valence-electron chi connectivity index (χ3n) is 2.14. The van der Waals surface area contributed by atoms with E-state index in [0.29, 0.717) is 5.56 Å². The van der Waals surface area contributed by atoms with Crippen molar-refractivity contribution >= 4 is 17.5 Å². The molecule has 0 aliphatic carbocycles. The second-order valence-electron chi connectivity index (χ2n) is 3.20. The highest BCUT2D eigenvalue weighted by molar-refractivity contribution is 5.90. The van der Waals surface area contributed by atoms with Crippen LogP contribution in [0.3, 0.4) is 0 Å². The number of allylic oxidation sites excluding steroid dienone is 1. The normalized spacial score (nSPS) is 10.8. The Kier molecular flexibility index (Phi) is 2.63. The van der Waals surface area contributed by atoms with E-state index in [1.165, 1.54) is 12.5 Å². The Bertz CT molecular complexity index is 636. The number of furan rings is 1. The van der Waals surface area contributed by atoms with Crippen molar-refractivity contribution in [3.05, 3.63) is 35.4 Å². The zero-order chi connectivity index (χ0) is 12.3. The number of nitrogens with one attached hydrogen (secondary N) is 1. The van der Waals surface area contributed by atoms with E-state index in [-0.39, 0.29) is 22.6 Å². The van der Waals surface area contributed by atoms with Crippen LogP contribution in [0, 0.1) is 22.7 Å². The van der Waals surface area contributed by atoms with Gasteiger partial charge in [-0.15, -0.1) is 0 Å². The van der Waals surface area contributed by atoms with Gasteiger partial charge < -0.3 is 10.2 Å². The SMILES string of the molecule is N#CC(=Cc1ccoc1)c1n[nH]c(N)c1C#N. The van der Waals surface area contributed by atoms with Crippen LogP contribution in [0.1, 0.15) is 16.8 Å². The van der Waals surface area contributed by atoms with E-state index in [4.69, 9.17) is 20.7 Å². The largest absolute Gasteiger partial charge is 0.472 e. The van der Waals surface area contributed by atoms with Crippen LogP contribution >= 0.6 is 0 Å². The third-order valence-corrected chi connectivity index (χ3v) is 2.14. The number of nitrogens with zero attached hydrogens (tertiary/aromatic N) is 3. The number of hydrogen-bond acceptors (Lipinski definition) is 5. The molecule has 0 spiro atoms. The molecule has 0 saturated carbocycles. The van der Waals surface area contributed by atoms with Gasteiger partial charge in [0.1, 0.15) is 29.2 Å². The van der Waals surface area contributed by atoms with Gasteiger partial charge in [0.2, 0.25) is 0 Å². The molecule has 2 rings (SSSR count). The van der Waals surface area contributed by atoms with Crippen molar-refractivity contribution in [3.63, 3.8) is 0 Å². The van der Waals surface area contributed by atoms with Crippen molar-refractivity contribution in [3.8, 4) is 12.1 Å². The lowest BCUT2D eigenvalue weighted by atomic mass is 10.1. The molecule has 6 nitrogen and oxygen atoms in total. The minimum absolute atomic E-state index is 0.149. The number of nitrogen functional groups attached to an aromatic ring is 1. The molecule has 3 N–H and O–H groups in total. The lowest BCUT2D eigenvalue weighted by molar-refractivity contribution is 0.567. The first kappa shape index (κ1) is 10.5. The van der Waals surface area contributed by atoms with E-state index >= 15 is 0 Å². The Balaban J connectivity index is 2.51. The van der Waals surface area contributed by atoms with Crippen molar-refractivity contribution in [2.75, 3.05) is 5.73 Å². The fourth-order valence-corrected chi connectivity index (χ4v) is 1.34. The van der Waals surface area contributed by atoms with Gasteiger partial charge in [0, 0.05) is 5.56 Å². The molecule has 0 atom stereocenters. The highest BCUT2D eigenvalue weighted by Crippen LogP contribution is 2.22. The topological polar surface area (TPSA) is 115 Å². The first-order chi connectivity index (χ1) is 8.26. The predicted molar refractivity (Wildman–Crippen MR) is 59.9 cm³/mol. The van der Waals surface area contributed by atoms with E-state index in [1.807, 2.05) is 12.1 Å². The van der Waals surface area contributed by atoms with Crippen molar-refractivity contribution in [1.29, 1.82) is 10.5 Å². The Labute approximate surface area is 96.6 Å². The second-order valence-corrected chi connectivity index (χ2v) is 3.20. The average molecular weight is 225 g/mol. The molecule has 2 aromatic heterocycles. The minimum atomic E-state index is 0.149. The number of nitrogens with two attached hydrogens (primary N) is 1. The Morgan fingerprint density at radius 3 is 2.94 bits per heavy atom. The number of hydrogen-bond donors (Lipinski definition) is 2. The number of nitriles is 2. The summed E-state index contributed by atoms with van der Waals surface area (Å²) < 4.78 is 4.89. The van der Waals surface area contributed by atoms with Gasteiger partial charge >= 0.3 is 0 Å². The van der Waals surface area contributed by atoms with Crippen LogP contribution in [-0.2, 0) is 0 Å². The van der Waals surface area contributed by atoms with E-state index < -0.39 is 0 Å². The van der Waals surface area contributed by atoms with Crippen LogP contribution in [0.5, 0.6) is 0 Å². The molecule has 0 aliphatic heterocycles. The number of rotatable bonds is 2. The standard InChI is InChI=1S/C11H7N5O/c12-4-8(3-7-1-2-17-6-7)10-9(5-13)11(14)16-15-10/h1-3,6H,(H3,14,15,16). The summed E-state index contributed by atoms with van der Waals surface area (Å²) in [6, 6.07) is 5.57. The van der Waals surface area contributed by atoms with Gasteiger partial charge in [-0.3, -0.25) is 5.10 Å². The maximum absolute atomic E-state index is 9.05.